The van der Waals surface area contributed by atoms with Gasteiger partial charge >= 0.3 is 0 Å². The van der Waals surface area contributed by atoms with E-state index in [9.17, 15) is 0 Å². The third kappa shape index (κ3) is 1.42. The number of rotatable bonds is 0. The predicted octanol–water partition coefficient (Wildman–Crippen LogP) is 3.40. The summed E-state index contributed by atoms with van der Waals surface area (Å²) in [4.78, 5) is 4.45. The third-order valence-electron chi connectivity index (χ3n) is 2.51. The van der Waals surface area contributed by atoms with Crippen molar-refractivity contribution >= 4 is 39.1 Å². The van der Waals surface area contributed by atoms with Crippen molar-refractivity contribution in [2.75, 3.05) is 0 Å². The molecular weight excluding hydrogens is 299 g/mol. The van der Waals surface area contributed by atoms with Gasteiger partial charge in [0.05, 0.1) is 11.2 Å². The van der Waals surface area contributed by atoms with E-state index in [2.05, 4.69) is 68.5 Å². The first-order valence-electron chi connectivity index (χ1n) is 4.78. The van der Waals surface area contributed by atoms with E-state index in [0.717, 1.165) is 11.3 Å². The number of imidazole rings is 1. The summed E-state index contributed by atoms with van der Waals surface area (Å²) in [6, 6.07) is 10.6. The van der Waals surface area contributed by atoms with Crippen molar-refractivity contribution in [3.63, 3.8) is 0 Å². The van der Waals surface area contributed by atoms with Crippen molar-refractivity contribution in [2.24, 2.45) is 0 Å². The van der Waals surface area contributed by atoms with E-state index in [1.165, 1.54) is 14.5 Å². The first-order chi connectivity index (χ1) is 7.24. The van der Waals surface area contributed by atoms with Gasteiger partial charge in [-0.3, -0.25) is 4.40 Å². The molecule has 0 saturated heterocycles. The van der Waals surface area contributed by atoms with Crippen molar-refractivity contribution in [3.8, 4) is 0 Å². The first kappa shape index (κ1) is 9.15. The van der Waals surface area contributed by atoms with Crippen LogP contribution in [0.2, 0.25) is 0 Å². The average molecular weight is 308 g/mol. The highest BCUT2D eigenvalue weighted by Crippen LogP contribution is 2.19. The normalized spacial score (nSPS) is 11.3. The van der Waals surface area contributed by atoms with Crippen LogP contribution in [0, 0.1) is 10.5 Å². The highest BCUT2D eigenvalue weighted by atomic mass is 127. The highest BCUT2D eigenvalue weighted by molar-refractivity contribution is 14.1. The van der Waals surface area contributed by atoms with Crippen LogP contribution < -0.4 is 0 Å². The van der Waals surface area contributed by atoms with Gasteiger partial charge in [0, 0.05) is 9.77 Å². The van der Waals surface area contributed by atoms with Crippen LogP contribution in [-0.2, 0) is 0 Å². The number of hydrogen-bond donors (Lipinski definition) is 0. The Bertz CT molecular complexity index is 655. The predicted molar refractivity (Wildman–Crippen MR) is 70.2 cm³/mol. The number of nitrogens with zero attached hydrogens (tertiary/aromatic N) is 2. The van der Waals surface area contributed by atoms with Gasteiger partial charge in [-0.2, -0.15) is 0 Å². The monoisotopic (exact) mass is 308 g/mol. The molecule has 0 atom stereocenters. The van der Waals surface area contributed by atoms with Crippen LogP contribution >= 0.6 is 22.6 Å². The van der Waals surface area contributed by atoms with Gasteiger partial charge < -0.3 is 0 Å². The lowest BCUT2D eigenvalue weighted by Gasteiger charge is -2.01. The summed E-state index contributed by atoms with van der Waals surface area (Å²) in [6.45, 7) is 2.02. The maximum absolute atomic E-state index is 4.45. The fraction of sp³-hybridized carbons (Fsp3) is 0.0833. The van der Waals surface area contributed by atoms with Crippen molar-refractivity contribution in [1.29, 1.82) is 0 Å². The lowest BCUT2D eigenvalue weighted by Crippen LogP contribution is -1.86. The van der Waals surface area contributed by atoms with Gasteiger partial charge in [-0.1, -0.05) is 0 Å². The van der Waals surface area contributed by atoms with E-state index >= 15 is 0 Å². The van der Waals surface area contributed by atoms with Crippen molar-refractivity contribution in [1.82, 2.24) is 9.38 Å². The Labute approximate surface area is 101 Å². The van der Waals surface area contributed by atoms with Gasteiger partial charge in [-0.05, 0) is 65.2 Å². The fourth-order valence-electron chi connectivity index (χ4n) is 1.87. The summed E-state index contributed by atoms with van der Waals surface area (Å²) in [5.41, 5.74) is 3.29. The molecule has 0 aliphatic heterocycles. The summed E-state index contributed by atoms with van der Waals surface area (Å²) in [5.74, 6) is 0. The van der Waals surface area contributed by atoms with Crippen LogP contribution in [0.1, 0.15) is 5.69 Å². The van der Waals surface area contributed by atoms with Crippen LogP contribution in [0.15, 0.2) is 36.5 Å². The van der Waals surface area contributed by atoms with Crippen LogP contribution in [0.4, 0.5) is 0 Å². The lowest BCUT2D eigenvalue weighted by molar-refractivity contribution is 1.25. The second-order valence-corrected chi connectivity index (χ2v) is 4.89. The molecule has 0 N–H and O–H groups in total. The summed E-state index contributed by atoms with van der Waals surface area (Å²) in [5, 5.41) is 1.26. The van der Waals surface area contributed by atoms with E-state index < -0.39 is 0 Å². The Balaban J connectivity index is 2.53. The molecule has 0 saturated carbocycles. The zero-order valence-corrected chi connectivity index (χ0v) is 10.4. The molecule has 0 spiro atoms. The molecule has 0 unspecified atom stereocenters. The Kier molecular flexibility index (Phi) is 1.95. The molecule has 74 valence electrons. The molecule has 0 aliphatic rings. The fourth-order valence-corrected chi connectivity index (χ4v) is 2.38. The molecule has 0 radical (unpaired) electrons. The van der Waals surface area contributed by atoms with E-state index in [1.807, 2.05) is 6.92 Å². The molecule has 1 aromatic carbocycles. The van der Waals surface area contributed by atoms with Crippen LogP contribution in [0.25, 0.3) is 16.6 Å². The van der Waals surface area contributed by atoms with Gasteiger partial charge in [-0.15, -0.1) is 0 Å². The van der Waals surface area contributed by atoms with Gasteiger partial charge in [-0.25, -0.2) is 4.98 Å². The molecule has 0 amide bonds. The Morgan fingerprint density at radius 3 is 2.93 bits per heavy atom. The zero-order chi connectivity index (χ0) is 10.4. The third-order valence-corrected chi connectivity index (χ3v) is 3.19. The standard InChI is InChI=1S/C12H9IN2/c1-8-7-15-11-4-3-10(13)6-9(11)2-5-12(15)14-8/h2-7H,1H3. The summed E-state index contributed by atoms with van der Waals surface area (Å²) >= 11 is 2.33. The maximum atomic E-state index is 4.45. The second-order valence-electron chi connectivity index (χ2n) is 3.65. The first-order valence-corrected chi connectivity index (χ1v) is 5.86. The van der Waals surface area contributed by atoms with E-state index in [0.29, 0.717) is 0 Å². The van der Waals surface area contributed by atoms with Gasteiger partial charge in [0.1, 0.15) is 5.65 Å². The largest absolute Gasteiger partial charge is 0.299 e. The van der Waals surface area contributed by atoms with E-state index in [1.54, 1.807) is 0 Å². The molecule has 0 aliphatic carbocycles. The number of aromatic nitrogens is 2. The molecule has 3 rings (SSSR count). The second kappa shape index (κ2) is 3.20. The van der Waals surface area contributed by atoms with Gasteiger partial charge in [0.15, 0.2) is 0 Å². The number of aryl methyl sites for hydroxylation is 1. The van der Waals surface area contributed by atoms with E-state index in [-0.39, 0.29) is 0 Å². The Morgan fingerprint density at radius 2 is 2.07 bits per heavy atom. The topological polar surface area (TPSA) is 17.3 Å². The molecule has 0 fully saturated rings. The minimum absolute atomic E-state index is 1.02. The molecule has 15 heavy (non-hydrogen) atoms. The maximum Gasteiger partial charge on any atom is 0.137 e. The zero-order valence-electron chi connectivity index (χ0n) is 8.24. The number of fused-ring (bicyclic) bond motifs is 3. The quantitative estimate of drug-likeness (QED) is 0.582. The van der Waals surface area contributed by atoms with E-state index in [4.69, 9.17) is 0 Å². The summed E-state index contributed by atoms with van der Waals surface area (Å²) in [7, 11) is 0. The number of halogens is 1. The van der Waals surface area contributed by atoms with Crippen LogP contribution in [-0.4, -0.2) is 9.38 Å². The van der Waals surface area contributed by atoms with Gasteiger partial charge in [0.25, 0.3) is 0 Å². The number of hydrogen-bond acceptors (Lipinski definition) is 1. The molecule has 2 aromatic heterocycles. The molecule has 0 bridgehead atoms. The molecular formula is C12H9IN2. The number of pyridine rings is 1. The molecule has 3 aromatic rings. The Hall–Kier alpha value is -1.10. The number of benzene rings is 1. The summed E-state index contributed by atoms with van der Waals surface area (Å²) in [6.07, 6.45) is 2.07. The minimum atomic E-state index is 1.02. The average Bonchev–Trinajstić information content (AvgIpc) is 2.58. The van der Waals surface area contributed by atoms with Gasteiger partial charge in [0.2, 0.25) is 0 Å². The molecule has 3 heteroatoms. The van der Waals surface area contributed by atoms with Crippen molar-refractivity contribution in [2.45, 2.75) is 6.92 Å². The SMILES string of the molecule is Cc1cn2c(ccc3cc(I)ccc32)n1. The molecule has 2 nitrogen and oxygen atoms in total. The van der Waals surface area contributed by atoms with Crippen molar-refractivity contribution < 1.29 is 0 Å². The van der Waals surface area contributed by atoms with Crippen LogP contribution in [0.5, 0.6) is 0 Å². The summed E-state index contributed by atoms with van der Waals surface area (Å²) < 4.78 is 3.40. The van der Waals surface area contributed by atoms with Crippen molar-refractivity contribution in [3.05, 3.63) is 45.8 Å². The minimum Gasteiger partial charge on any atom is -0.299 e. The van der Waals surface area contributed by atoms with Crippen LogP contribution in [0.3, 0.4) is 0 Å². The smallest absolute Gasteiger partial charge is 0.137 e. The molecule has 2 heterocycles. The Morgan fingerprint density at radius 1 is 1.20 bits per heavy atom. The lowest BCUT2D eigenvalue weighted by atomic mass is 10.2. The highest BCUT2D eigenvalue weighted by Gasteiger charge is 2.02.